The van der Waals surface area contributed by atoms with Gasteiger partial charge >= 0.3 is 0 Å². The number of anilines is 1. The number of nitro groups is 1. The second-order valence-electron chi connectivity index (χ2n) is 7.78. The summed E-state index contributed by atoms with van der Waals surface area (Å²) >= 11 is 0. The molecule has 2 aromatic rings. The maximum Gasteiger partial charge on any atom is 0.292 e. The van der Waals surface area contributed by atoms with Gasteiger partial charge in [-0.2, -0.15) is 0 Å². The Kier molecular flexibility index (Phi) is 5.34. The lowest BCUT2D eigenvalue weighted by Crippen LogP contribution is -2.40. The molecule has 134 valence electrons. The Morgan fingerprint density at radius 2 is 1.64 bits per heavy atom. The number of rotatable bonds is 5. The van der Waals surface area contributed by atoms with Crippen molar-refractivity contribution in [2.45, 2.75) is 45.5 Å². The van der Waals surface area contributed by atoms with Crippen LogP contribution in [0.1, 0.15) is 26.3 Å². The van der Waals surface area contributed by atoms with Gasteiger partial charge in [0.1, 0.15) is 5.69 Å². The van der Waals surface area contributed by atoms with Crippen molar-refractivity contribution < 1.29 is 9.35 Å². The van der Waals surface area contributed by atoms with Crippen LogP contribution >= 0.6 is 0 Å². The van der Waals surface area contributed by atoms with Crippen molar-refractivity contribution in [1.82, 2.24) is 0 Å². The molecule has 0 aliphatic heterocycles. The smallest absolute Gasteiger partial charge is 0.292 e. The molecule has 0 fully saturated rings. The van der Waals surface area contributed by atoms with E-state index in [1.54, 1.807) is 12.1 Å². The third-order valence-corrected chi connectivity index (χ3v) is 9.40. The van der Waals surface area contributed by atoms with Crippen molar-refractivity contribution in [1.29, 1.82) is 0 Å². The molecule has 0 radical (unpaired) electrons. The van der Waals surface area contributed by atoms with E-state index in [1.165, 1.54) is 6.07 Å². The van der Waals surface area contributed by atoms with Gasteiger partial charge in [0.05, 0.1) is 11.5 Å². The molecule has 0 heterocycles. The van der Waals surface area contributed by atoms with Gasteiger partial charge in [0.2, 0.25) is 0 Å². The standard InChI is InChI=1S/C19H26N2O3Si/c1-19(2,3)25(4,5)24-13-14-6-8-15(9-7-14)16-10-11-18(21(22)23)17(20)12-16/h6-12H,13,20H2,1-5H3. The quantitative estimate of drug-likeness (QED) is 0.337. The van der Waals surface area contributed by atoms with Gasteiger partial charge in [-0.1, -0.05) is 45.0 Å². The van der Waals surface area contributed by atoms with Crippen LogP contribution < -0.4 is 5.73 Å². The summed E-state index contributed by atoms with van der Waals surface area (Å²) < 4.78 is 6.23. The minimum atomic E-state index is -1.77. The SMILES string of the molecule is CC(C)(C)[Si](C)(C)OCc1ccc(-c2ccc([N+](=O)[O-])c(N)c2)cc1. The average Bonchev–Trinajstić information content (AvgIpc) is 2.52. The minimum absolute atomic E-state index is 0.0665. The molecule has 0 aromatic heterocycles. The van der Waals surface area contributed by atoms with Gasteiger partial charge in [0.25, 0.3) is 5.69 Å². The van der Waals surface area contributed by atoms with Crippen LogP contribution in [-0.4, -0.2) is 13.2 Å². The third kappa shape index (κ3) is 4.46. The van der Waals surface area contributed by atoms with Gasteiger partial charge in [-0.3, -0.25) is 10.1 Å². The lowest BCUT2D eigenvalue weighted by molar-refractivity contribution is -0.383. The van der Waals surface area contributed by atoms with Crippen molar-refractivity contribution in [2.75, 3.05) is 5.73 Å². The van der Waals surface area contributed by atoms with Crippen LogP contribution in [0.2, 0.25) is 18.1 Å². The molecule has 0 aliphatic rings. The van der Waals surface area contributed by atoms with E-state index in [1.807, 2.05) is 24.3 Å². The van der Waals surface area contributed by atoms with E-state index in [2.05, 4.69) is 33.9 Å². The van der Waals surface area contributed by atoms with Crippen molar-refractivity contribution in [3.63, 3.8) is 0 Å². The molecule has 0 atom stereocenters. The minimum Gasteiger partial charge on any atom is -0.413 e. The summed E-state index contributed by atoms with van der Waals surface area (Å²) in [5.41, 5.74) is 8.82. The van der Waals surface area contributed by atoms with E-state index >= 15 is 0 Å². The molecule has 2 rings (SSSR count). The molecule has 0 spiro atoms. The summed E-state index contributed by atoms with van der Waals surface area (Å²) in [5.74, 6) is 0. The molecular weight excluding hydrogens is 332 g/mol. The van der Waals surface area contributed by atoms with Gasteiger partial charge in [0, 0.05) is 6.07 Å². The first-order valence-corrected chi connectivity index (χ1v) is 11.2. The first-order chi connectivity index (χ1) is 11.5. The lowest BCUT2D eigenvalue weighted by Gasteiger charge is -2.36. The van der Waals surface area contributed by atoms with Gasteiger partial charge in [-0.15, -0.1) is 0 Å². The second kappa shape index (κ2) is 6.97. The van der Waals surface area contributed by atoms with Crippen LogP contribution in [0.4, 0.5) is 11.4 Å². The highest BCUT2D eigenvalue weighted by Crippen LogP contribution is 2.37. The molecule has 0 aliphatic carbocycles. The van der Waals surface area contributed by atoms with Crippen molar-refractivity contribution in [2.24, 2.45) is 0 Å². The van der Waals surface area contributed by atoms with Gasteiger partial charge < -0.3 is 10.2 Å². The van der Waals surface area contributed by atoms with E-state index in [9.17, 15) is 10.1 Å². The van der Waals surface area contributed by atoms with Gasteiger partial charge in [0.15, 0.2) is 8.32 Å². The Balaban J connectivity index is 2.13. The third-order valence-electron chi connectivity index (χ3n) is 4.92. The molecule has 0 amide bonds. The van der Waals surface area contributed by atoms with Crippen molar-refractivity contribution in [3.05, 3.63) is 58.1 Å². The van der Waals surface area contributed by atoms with Crippen LogP contribution in [0, 0.1) is 10.1 Å². The highest BCUT2D eigenvalue weighted by molar-refractivity contribution is 6.74. The van der Waals surface area contributed by atoms with Crippen LogP contribution in [0.3, 0.4) is 0 Å². The molecule has 25 heavy (non-hydrogen) atoms. The first-order valence-electron chi connectivity index (χ1n) is 8.28. The summed E-state index contributed by atoms with van der Waals surface area (Å²) in [6.07, 6.45) is 0. The lowest BCUT2D eigenvalue weighted by atomic mass is 10.0. The Morgan fingerprint density at radius 3 is 2.12 bits per heavy atom. The molecule has 0 saturated heterocycles. The Labute approximate surface area is 150 Å². The molecule has 6 heteroatoms. The van der Waals surface area contributed by atoms with Gasteiger partial charge in [-0.25, -0.2) is 0 Å². The first kappa shape index (κ1) is 19.1. The van der Waals surface area contributed by atoms with Crippen LogP contribution in [0.5, 0.6) is 0 Å². The molecule has 5 nitrogen and oxygen atoms in total. The highest BCUT2D eigenvalue weighted by atomic mass is 28.4. The predicted molar refractivity (Wildman–Crippen MR) is 105 cm³/mol. The van der Waals surface area contributed by atoms with E-state index < -0.39 is 13.2 Å². The number of benzene rings is 2. The summed E-state index contributed by atoms with van der Waals surface area (Å²) in [5, 5.41) is 11.0. The zero-order chi connectivity index (χ0) is 18.8. The summed E-state index contributed by atoms with van der Waals surface area (Å²) in [6.45, 7) is 11.7. The molecule has 0 saturated carbocycles. The second-order valence-corrected chi connectivity index (χ2v) is 12.6. The fourth-order valence-corrected chi connectivity index (χ4v) is 3.13. The zero-order valence-electron chi connectivity index (χ0n) is 15.5. The number of nitrogens with two attached hydrogens (primary N) is 1. The largest absolute Gasteiger partial charge is 0.413 e. The Bertz CT molecular complexity index is 765. The predicted octanol–water partition coefficient (Wildman–Crippen LogP) is 5.37. The zero-order valence-corrected chi connectivity index (χ0v) is 16.5. The number of hydrogen-bond acceptors (Lipinski definition) is 4. The van der Waals surface area contributed by atoms with Crippen molar-refractivity contribution in [3.8, 4) is 11.1 Å². The summed E-state index contributed by atoms with van der Waals surface area (Å²) in [7, 11) is -1.77. The van der Waals surface area contributed by atoms with E-state index in [-0.39, 0.29) is 16.4 Å². The van der Waals surface area contributed by atoms with Crippen LogP contribution in [0.15, 0.2) is 42.5 Å². The Morgan fingerprint density at radius 1 is 1.08 bits per heavy atom. The maximum atomic E-state index is 10.9. The molecular formula is C19H26N2O3Si. The average molecular weight is 359 g/mol. The van der Waals surface area contributed by atoms with Crippen LogP contribution in [-0.2, 0) is 11.0 Å². The fourth-order valence-electron chi connectivity index (χ4n) is 2.17. The molecule has 2 aromatic carbocycles. The maximum absolute atomic E-state index is 10.9. The number of nitro benzene ring substituents is 1. The van der Waals surface area contributed by atoms with Crippen molar-refractivity contribution >= 4 is 19.7 Å². The molecule has 2 N–H and O–H groups in total. The fraction of sp³-hybridized carbons (Fsp3) is 0.368. The number of hydrogen-bond donors (Lipinski definition) is 1. The summed E-state index contributed by atoms with van der Waals surface area (Å²) in [4.78, 5) is 10.4. The molecule has 0 bridgehead atoms. The topological polar surface area (TPSA) is 78.4 Å². The van der Waals surface area contributed by atoms with E-state index in [0.717, 1.165) is 16.7 Å². The van der Waals surface area contributed by atoms with E-state index in [0.29, 0.717) is 6.61 Å². The number of nitrogens with zero attached hydrogens (tertiary/aromatic N) is 1. The van der Waals surface area contributed by atoms with Gasteiger partial charge in [-0.05, 0) is 47.0 Å². The normalized spacial score (nSPS) is 12.2. The van der Waals surface area contributed by atoms with E-state index in [4.69, 9.17) is 10.2 Å². The van der Waals surface area contributed by atoms with Crippen LogP contribution in [0.25, 0.3) is 11.1 Å². The summed E-state index contributed by atoms with van der Waals surface area (Å²) in [6, 6.07) is 12.8. The molecule has 0 unspecified atom stereocenters. The Hall–Kier alpha value is -2.18. The monoisotopic (exact) mass is 358 g/mol. The highest BCUT2D eigenvalue weighted by Gasteiger charge is 2.36. The number of nitrogen functional groups attached to an aromatic ring is 1.